The minimum Gasteiger partial charge on any atom is -0.487 e. The summed E-state index contributed by atoms with van der Waals surface area (Å²) in [7, 11) is 0. The van der Waals surface area contributed by atoms with E-state index in [1.807, 2.05) is 6.92 Å². The van der Waals surface area contributed by atoms with Gasteiger partial charge in [-0.3, -0.25) is 4.79 Å². The van der Waals surface area contributed by atoms with Crippen molar-refractivity contribution in [2.45, 2.75) is 20.0 Å². The van der Waals surface area contributed by atoms with Gasteiger partial charge in [0.1, 0.15) is 18.1 Å². The minimum absolute atomic E-state index is 0.117. The van der Waals surface area contributed by atoms with Gasteiger partial charge in [0.2, 0.25) is 5.76 Å². The fourth-order valence-electron chi connectivity index (χ4n) is 2.01. The van der Waals surface area contributed by atoms with Crippen LogP contribution in [0.15, 0.2) is 57.7 Å². The molecule has 22 heavy (non-hydrogen) atoms. The van der Waals surface area contributed by atoms with E-state index < -0.39 is 0 Å². The molecule has 112 valence electrons. The molecule has 0 fully saturated rings. The molecule has 0 atom stereocenters. The van der Waals surface area contributed by atoms with E-state index in [9.17, 15) is 4.79 Å². The van der Waals surface area contributed by atoms with Gasteiger partial charge in [0.05, 0.1) is 6.26 Å². The number of hydrogen-bond acceptors (Lipinski definition) is 5. The van der Waals surface area contributed by atoms with E-state index in [1.54, 1.807) is 48.7 Å². The molecule has 1 aromatic carbocycles. The smallest absolute Gasteiger partial charge is 0.202 e. The number of nitrogens with zero attached hydrogens (tertiary/aromatic N) is 1. The summed E-state index contributed by atoms with van der Waals surface area (Å²) in [5.74, 6) is 1.98. The van der Waals surface area contributed by atoms with E-state index in [-0.39, 0.29) is 12.4 Å². The van der Waals surface area contributed by atoms with Gasteiger partial charge < -0.3 is 13.7 Å². The maximum absolute atomic E-state index is 11.5. The van der Waals surface area contributed by atoms with E-state index in [0.717, 1.165) is 0 Å². The van der Waals surface area contributed by atoms with Gasteiger partial charge in [-0.1, -0.05) is 12.1 Å². The van der Waals surface area contributed by atoms with E-state index in [2.05, 4.69) is 5.16 Å². The van der Waals surface area contributed by atoms with Crippen LogP contribution in [0.5, 0.6) is 5.75 Å². The number of carbonyl (C=O) groups excluding carboxylic acids is 1. The molecule has 3 rings (SSSR count). The monoisotopic (exact) mass is 297 g/mol. The molecule has 0 unspecified atom stereocenters. The summed E-state index contributed by atoms with van der Waals surface area (Å²) in [5, 5.41) is 3.93. The molecule has 0 N–H and O–H groups in total. The van der Waals surface area contributed by atoms with Gasteiger partial charge in [0.25, 0.3) is 0 Å². The number of benzene rings is 1. The second-order valence-corrected chi connectivity index (χ2v) is 4.75. The molecule has 2 heterocycles. The quantitative estimate of drug-likeness (QED) is 0.641. The second kappa shape index (κ2) is 6.30. The Balaban J connectivity index is 1.62. The van der Waals surface area contributed by atoms with Gasteiger partial charge in [-0.05, 0) is 36.4 Å². The first-order valence-corrected chi connectivity index (χ1v) is 7.02. The minimum atomic E-state index is 0.117. The van der Waals surface area contributed by atoms with Crippen LogP contribution in [0.2, 0.25) is 0 Å². The van der Waals surface area contributed by atoms with Crippen molar-refractivity contribution < 1.29 is 18.5 Å². The number of ether oxygens (including phenoxy) is 1. The van der Waals surface area contributed by atoms with Crippen LogP contribution in [-0.4, -0.2) is 10.9 Å². The van der Waals surface area contributed by atoms with Crippen LogP contribution in [-0.2, 0) is 6.61 Å². The standard InChI is InChI=1S/C17H15NO4/c1-2-15(19)12-5-7-14(8-6-12)21-11-13-10-17(22-18-13)16-4-3-9-20-16/h3-10H,2,11H2,1H3. The topological polar surface area (TPSA) is 65.5 Å². The molecule has 0 spiro atoms. The zero-order valence-electron chi connectivity index (χ0n) is 12.1. The van der Waals surface area contributed by atoms with Gasteiger partial charge in [0.15, 0.2) is 11.5 Å². The van der Waals surface area contributed by atoms with Crippen LogP contribution in [0, 0.1) is 0 Å². The first kappa shape index (κ1) is 14.1. The Morgan fingerprint density at radius 3 is 2.68 bits per heavy atom. The van der Waals surface area contributed by atoms with Gasteiger partial charge >= 0.3 is 0 Å². The summed E-state index contributed by atoms with van der Waals surface area (Å²) >= 11 is 0. The van der Waals surface area contributed by atoms with E-state index in [1.165, 1.54) is 0 Å². The number of Topliss-reactive ketones (excluding diaryl/α,β-unsaturated/α-hetero) is 1. The van der Waals surface area contributed by atoms with Crippen molar-refractivity contribution >= 4 is 5.78 Å². The molecule has 0 aliphatic rings. The van der Waals surface area contributed by atoms with Gasteiger partial charge in [-0.25, -0.2) is 0 Å². The molecule has 2 aromatic heterocycles. The lowest BCUT2D eigenvalue weighted by Crippen LogP contribution is -1.98. The number of rotatable bonds is 6. The Bertz CT molecular complexity index is 741. The fourth-order valence-corrected chi connectivity index (χ4v) is 2.01. The molecule has 5 nitrogen and oxygen atoms in total. The number of aromatic nitrogens is 1. The zero-order valence-corrected chi connectivity index (χ0v) is 12.1. The van der Waals surface area contributed by atoms with Gasteiger partial charge in [0, 0.05) is 18.1 Å². The third-order valence-electron chi connectivity index (χ3n) is 3.21. The fraction of sp³-hybridized carbons (Fsp3) is 0.176. The van der Waals surface area contributed by atoms with Crippen LogP contribution in [0.3, 0.4) is 0 Å². The van der Waals surface area contributed by atoms with E-state index in [0.29, 0.717) is 34.9 Å². The highest BCUT2D eigenvalue weighted by Gasteiger charge is 2.09. The zero-order chi connectivity index (χ0) is 15.4. The van der Waals surface area contributed by atoms with Crippen molar-refractivity contribution in [3.8, 4) is 17.3 Å². The Labute approximate surface area is 127 Å². The van der Waals surface area contributed by atoms with E-state index in [4.69, 9.17) is 13.7 Å². The second-order valence-electron chi connectivity index (χ2n) is 4.75. The van der Waals surface area contributed by atoms with Crippen molar-refractivity contribution in [1.29, 1.82) is 0 Å². The first-order valence-electron chi connectivity index (χ1n) is 7.02. The maximum atomic E-state index is 11.5. The first-order chi connectivity index (χ1) is 10.8. The lowest BCUT2D eigenvalue weighted by atomic mass is 10.1. The molecule has 0 bridgehead atoms. The average molecular weight is 297 g/mol. The molecule has 0 radical (unpaired) electrons. The lowest BCUT2D eigenvalue weighted by Gasteiger charge is -2.04. The molecular weight excluding hydrogens is 282 g/mol. The number of ketones is 1. The van der Waals surface area contributed by atoms with Crippen LogP contribution >= 0.6 is 0 Å². The summed E-state index contributed by atoms with van der Waals surface area (Å²) in [6, 6.07) is 12.4. The molecule has 0 saturated heterocycles. The van der Waals surface area contributed by atoms with Crippen molar-refractivity contribution in [2.75, 3.05) is 0 Å². The number of furan rings is 1. The van der Waals surface area contributed by atoms with Crippen molar-refractivity contribution in [3.05, 3.63) is 60.0 Å². The van der Waals surface area contributed by atoms with Gasteiger partial charge in [-0.2, -0.15) is 0 Å². The van der Waals surface area contributed by atoms with E-state index >= 15 is 0 Å². The highest BCUT2D eigenvalue weighted by molar-refractivity contribution is 5.95. The average Bonchev–Trinajstić information content (AvgIpc) is 3.23. The van der Waals surface area contributed by atoms with Crippen molar-refractivity contribution in [2.24, 2.45) is 0 Å². The third-order valence-corrected chi connectivity index (χ3v) is 3.21. The molecule has 0 aliphatic heterocycles. The Kier molecular flexibility index (Phi) is 4.05. The van der Waals surface area contributed by atoms with Crippen LogP contribution < -0.4 is 4.74 Å². The molecule has 0 aliphatic carbocycles. The number of carbonyl (C=O) groups is 1. The summed E-state index contributed by atoms with van der Waals surface area (Å²) in [6.45, 7) is 2.12. The predicted molar refractivity (Wildman–Crippen MR) is 79.6 cm³/mol. The Hall–Kier alpha value is -2.82. The van der Waals surface area contributed by atoms with Gasteiger partial charge in [-0.15, -0.1) is 0 Å². The number of hydrogen-bond donors (Lipinski definition) is 0. The summed E-state index contributed by atoms with van der Waals surface area (Å²) in [4.78, 5) is 11.5. The normalized spacial score (nSPS) is 10.6. The van der Waals surface area contributed by atoms with Crippen molar-refractivity contribution in [1.82, 2.24) is 5.16 Å². The summed E-state index contributed by atoms with van der Waals surface area (Å²) in [5.41, 5.74) is 1.36. The maximum Gasteiger partial charge on any atom is 0.202 e. The Morgan fingerprint density at radius 2 is 2.00 bits per heavy atom. The lowest BCUT2D eigenvalue weighted by molar-refractivity contribution is 0.0988. The summed E-state index contributed by atoms with van der Waals surface area (Å²) in [6.07, 6.45) is 2.07. The van der Waals surface area contributed by atoms with Crippen LogP contribution in [0.1, 0.15) is 29.4 Å². The van der Waals surface area contributed by atoms with Crippen LogP contribution in [0.4, 0.5) is 0 Å². The van der Waals surface area contributed by atoms with Crippen LogP contribution in [0.25, 0.3) is 11.5 Å². The molecule has 3 aromatic rings. The molecule has 0 saturated carbocycles. The van der Waals surface area contributed by atoms with Crippen molar-refractivity contribution in [3.63, 3.8) is 0 Å². The highest BCUT2D eigenvalue weighted by atomic mass is 16.5. The molecule has 0 amide bonds. The Morgan fingerprint density at radius 1 is 1.18 bits per heavy atom. The molecule has 5 heteroatoms. The predicted octanol–water partition coefficient (Wildman–Crippen LogP) is 4.11. The summed E-state index contributed by atoms with van der Waals surface area (Å²) < 4.78 is 16.1. The third kappa shape index (κ3) is 3.09. The highest BCUT2D eigenvalue weighted by Crippen LogP contribution is 2.21. The largest absolute Gasteiger partial charge is 0.487 e. The molecular formula is C17H15NO4. The SMILES string of the molecule is CCC(=O)c1ccc(OCc2cc(-c3ccco3)on2)cc1.